The molecule has 2 aromatic carbocycles. The molecule has 1 aliphatic heterocycles. The fourth-order valence-corrected chi connectivity index (χ4v) is 3.64. The van der Waals surface area contributed by atoms with E-state index in [9.17, 15) is 4.79 Å². The van der Waals surface area contributed by atoms with Gasteiger partial charge in [0, 0.05) is 31.4 Å². The number of rotatable bonds is 8. The van der Waals surface area contributed by atoms with Gasteiger partial charge in [-0.1, -0.05) is 30.3 Å². The number of nitrogens with one attached hydrogen (secondary N) is 1. The third-order valence-electron chi connectivity index (χ3n) is 5.36. The number of hydrogen-bond acceptors (Lipinski definition) is 5. The molecule has 0 bridgehead atoms. The third-order valence-corrected chi connectivity index (χ3v) is 5.36. The van der Waals surface area contributed by atoms with Crippen LogP contribution in [0.5, 0.6) is 11.5 Å². The van der Waals surface area contributed by atoms with Gasteiger partial charge in [0.15, 0.2) is 11.5 Å². The maximum atomic E-state index is 12.7. The lowest BCUT2D eigenvalue weighted by atomic mass is 10.1. The number of ether oxygens (including phenoxy) is 2. The molecule has 1 saturated heterocycles. The summed E-state index contributed by atoms with van der Waals surface area (Å²) in [5.74, 6) is 1.95. The Morgan fingerprint density at radius 3 is 2.58 bits per heavy atom. The van der Waals surface area contributed by atoms with Crippen molar-refractivity contribution in [3.8, 4) is 11.5 Å². The number of nitrogens with zero attached hydrogens (tertiary/aromatic N) is 2. The predicted molar refractivity (Wildman–Crippen MR) is 121 cm³/mol. The van der Waals surface area contributed by atoms with Gasteiger partial charge in [-0.15, -0.1) is 0 Å². The van der Waals surface area contributed by atoms with Gasteiger partial charge in [-0.3, -0.25) is 4.79 Å². The Bertz CT molecular complexity index is 1020. The van der Waals surface area contributed by atoms with Crippen LogP contribution in [0, 0.1) is 0 Å². The lowest BCUT2D eigenvalue weighted by molar-refractivity contribution is 0.0950. The van der Waals surface area contributed by atoms with Crippen LogP contribution in [-0.4, -0.2) is 31.1 Å². The van der Waals surface area contributed by atoms with Gasteiger partial charge in [0.1, 0.15) is 12.4 Å². The second-order valence-electron chi connectivity index (χ2n) is 7.54. The van der Waals surface area contributed by atoms with Gasteiger partial charge in [0.2, 0.25) is 0 Å². The van der Waals surface area contributed by atoms with E-state index in [0.29, 0.717) is 30.2 Å². The lowest BCUT2D eigenvalue weighted by Crippen LogP contribution is -2.23. The summed E-state index contributed by atoms with van der Waals surface area (Å²) in [6.45, 7) is 2.96. The van der Waals surface area contributed by atoms with E-state index in [2.05, 4.69) is 15.2 Å². The highest BCUT2D eigenvalue weighted by atomic mass is 16.5. The molecule has 0 unspecified atom stereocenters. The van der Waals surface area contributed by atoms with E-state index in [0.717, 1.165) is 30.0 Å². The summed E-state index contributed by atoms with van der Waals surface area (Å²) in [5.41, 5.74) is 2.62. The highest BCUT2D eigenvalue weighted by Crippen LogP contribution is 2.29. The summed E-state index contributed by atoms with van der Waals surface area (Å²) >= 11 is 0. The number of hydrogen-bond donors (Lipinski definition) is 1. The van der Waals surface area contributed by atoms with Crippen LogP contribution in [0.2, 0.25) is 0 Å². The van der Waals surface area contributed by atoms with E-state index < -0.39 is 0 Å². The Kier molecular flexibility index (Phi) is 6.67. The molecule has 1 fully saturated rings. The van der Waals surface area contributed by atoms with Crippen molar-refractivity contribution in [2.75, 3.05) is 25.1 Å². The van der Waals surface area contributed by atoms with Crippen molar-refractivity contribution < 1.29 is 14.3 Å². The third kappa shape index (κ3) is 5.34. The van der Waals surface area contributed by atoms with Gasteiger partial charge in [-0.25, -0.2) is 4.98 Å². The van der Waals surface area contributed by atoms with Crippen molar-refractivity contribution in [1.82, 2.24) is 10.3 Å². The van der Waals surface area contributed by atoms with Crippen molar-refractivity contribution in [2.24, 2.45) is 0 Å². The first kappa shape index (κ1) is 20.7. The molecule has 160 valence electrons. The first-order valence-electron chi connectivity index (χ1n) is 10.6. The quantitative estimate of drug-likeness (QED) is 0.595. The van der Waals surface area contributed by atoms with Gasteiger partial charge >= 0.3 is 0 Å². The van der Waals surface area contributed by atoms with Crippen molar-refractivity contribution in [2.45, 2.75) is 26.0 Å². The lowest BCUT2D eigenvalue weighted by Gasteiger charge is -2.17. The fraction of sp³-hybridized carbons (Fsp3) is 0.280. The zero-order valence-electron chi connectivity index (χ0n) is 17.7. The van der Waals surface area contributed by atoms with Crippen LogP contribution in [0.4, 0.5) is 5.82 Å². The number of carbonyl (C=O) groups excluding carboxylic acids is 1. The zero-order valence-corrected chi connectivity index (χ0v) is 17.7. The molecule has 0 atom stereocenters. The second-order valence-corrected chi connectivity index (χ2v) is 7.54. The fourth-order valence-electron chi connectivity index (χ4n) is 3.64. The van der Waals surface area contributed by atoms with Gasteiger partial charge in [-0.05, 0) is 54.3 Å². The van der Waals surface area contributed by atoms with Crippen molar-refractivity contribution in [3.63, 3.8) is 0 Å². The Morgan fingerprint density at radius 1 is 1.00 bits per heavy atom. The maximum Gasteiger partial charge on any atom is 0.251 e. The minimum Gasteiger partial charge on any atom is -0.493 e. The molecule has 6 heteroatoms. The van der Waals surface area contributed by atoms with Gasteiger partial charge in [-0.2, -0.15) is 0 Å². The van der Waals surface area contributed by atoms with Crippen molar-refractivity contribution in [3.05, 3.63) is 83.6 Å². The molecule has 0 aliphatic carbocycles. The Balaban J connectivity index is 1.37. The number of methoxy groups -OCH3 is 1. The summed E-state index contributed by atoms with van der Waals surface area (Å²) < 4.78 is 11.3. The Labute approximate surface area is 182 Å². The molecule has 1 aromatic heterocycles. The van der Waals surface area contributed by atoms with E-state index in [1.807, 2.05) is 42.5 Å². The highest BCUT2D eigenvalue weighted by Gasteiger charge is 2.15. The summed E-state index contributed by atoms with van der Waals surface area (Å²) in [7, 11) is 1.57. The minimum atomic E-state index is -0.160. The van der Waals surface area contributed by atoms with Crippen LogP contribution >= 0.6 is 0 Å². The molecule has 6 nitrogen and oxygen atoms in total. The average Bonchev–Trinajstić information content (AvgIpc) is 3.37. The number of pyridine rings is 1. The van der Waals surface area contributed by atoms with Gasteiger partial charge in [0.25, 0.3) is 5.91 Å². The van der Waals surface area contributed by atoms with Gasteiger partial charge in [0.05, 0.1) is 7.11 Å². The molecule has 2 heterocycles. The van der Waals surface area contributed by atoms with Crippen molar-refractivity contribution in [1.29, 1.82) is 0 Å². The van der Waals surface area contributed by atoms with E-state index in [-0.39, 0.29) is 5.91 Å². The molecule has 4 rings (SSSR count). The molecule has 1 aliphatic rings. The largest absolute Gasteiger partial charge is 0.493 e. The van der Waals surface area contributed by atoms with Crippen LogP contribution in [0.25, 0.3) is 0 Å². The summed E-state index contributed by atoms with van der Waals surface area (Å²) in [5, 5.41) is 2.98. The number of aromatic nitrogens is 1. The van der Waals surface area contributed by atoms with E-state index in [1.54, 1.807) is 31.5 Å². The molecule has 1 amide bonds. The van der Waals surface area contributed by atoms with Crippen LogP contribution in [0.1, 0.15) is 34.3 Å². The first-order valence-corrected chi connectivity index (χ1v) is 10.6. The standard InChI is InChI=1S/C25H27N3O3/c1-30-23-16-21(9-10-22(23)31-18-19-7-3-2-4-8-19)25(29)27-17-20-11-12-26-24(15-20)28-13-5-6-14-28/h2-4,7-12,15-16H,5-6,13-14,17-18H2,1H3,(H,27,29). The molecular weight excluding hydrogens is 390 g/mol. The molecule has 0 spiro atoms. The number of anilines is 1. The van der Waals surface area contributed by atoms with Crippen LogP contribution < -0.4 is 19.7 Å². The van der Waals surface area contributed by atoms with Gasteiger partial charge < -0.3 is 19.7 Å². The molecule has 1 N–H and O–H groups in total. The smallest absolute Gasteiger partial charge is 0.251 e. The monoisotopic (exact) mass is 417 g/mol. The van der Waals surface area contributed by atoms with E-state index in [1.165, 1.54) is 12.8 Å². The Morgan fingerprint density at radius 2 is 1.81 bits per heavy atom. The number of amides is 1. The summed E-state index contributed by atoms with van der Waals surface area (Å²) in [6.07, 6.45) is 4.21. The van der Waals surface area contributed by atoms with E-state index in [4.69, 9.17) is 9.47 Å². The van der Waals surface area contributed by atoms with E-state index >= 15 is 0 Å². The molecule has 0 radical (unpaired) electrons. The Hall–Kier alpha value is -3.54. The SMILES string of the molecule is COc1cc(C(=O)NCc2ccnc(N3CCCC3)c2)ccc1OCc1ccccc1. The summed E-state index contributed by atoms with van der Waals surface area (Å²) in [6, 6.07) is 19.1. The molecular formula is C25H27N3O3. The molecule has 3 aromatic rings. The maximum absolute atomic E-state index is 12.7. The normalized spacial score (nSPS) is 13.1. The molecule has 0 saturated carbocycles. The summed E-state index contributed by atoms with van der Waals surface area (Å²) in [4.78, 5) is 19.4. The average molecular weight is 418 g/mol. The number of benzene rings is 2. The zero-order chi connectivity index (χ0) is 21.5. The topological polar surface area (TPSA) is 63.7 Å². The second kappa shape index (κ2) is 9.98. The van der Waals surface area contributed by atoms with Crippen molar-refractivity contribution >= 4 is 11.7 Å². The predicted octanol–water partition coefficient (Wildman–Crippen LogP) is 4.20. The van der Waals surface area contributed by atoms with Crippen LogP contribution in [0.3, 0.4) is 0 Å². The van der Waals surface area contributed by atoms with Crippen LogP contribution in [-0.2, 0) is 13.2 Å². The number of carbonyl (C=O) groups is 1. The molecule has 31 heavy (non-hydrogen) atoms. The van der Waals surface area contributed by atoms with Crippen LogP contribution in [0.15, 0.2) is 66.9 Å². The first-order chi connectivity index (χ1) is 15.2. The highest BCUT2D eigenvalue weighted by molar-refractivity contribution is 5.94. The minimum absolute atomic E-state index is 0.160.